The minimum Gasteiger partial charge on any atom is -0.375 e. The zero-order chi connectivity index (χ0) is 11.3. The molecule has 0 saturated carbocycles. The Hall–Kier alpha value is -1.77. The predicted octanol–water partition coefficient (Wildman–Crippen LogP) is 2.98. The van der Waals surface area contributed by atoms with Crippen molar-refractivity contribution in [2.24, 2.45) is 0 Å². The molecule has 2 heterocycles. The summed E-state index contributed by atoms with van der Waals surface area (Å²) >= 11 is 0. The molecule has 1 atom stereocenters. The van der Waals surface area contributed by atoms with Crippen LogP contribution in [0.1, 0.15) is 29.8 Å². The van der Waals surface area contributed by atoms with Gasteiger partial charge in [0, 0.05) is 0 Å². The smallest absolute Gasteiger partial charge is 0.0995 e. The number of nitrogens with one attached hydrogen (secondary N) is 1. The van der Waals surface area contributed by atoms with Crippen LogP contribution in [0.2, 0.25) is 0 Å². The number of nitrogens with zero attached hydrogens (tertiary/aromatic N) is 2. The number of imidazole rings is 1. The molecular formula is C13H15N3. The number of fused-ring (bicyclic) bond motifs is 3. The van der Waals surface area contributed by atoms with Crippen molar-refractivity contribution in [1.82, 2.24) is 9.55 Å². The number of anilines is 1. The lowest BCUT2D eigenvalue weighted by Crippen LogP contribution is -2.18. The molecule has 0 radical (unpaired) electrons. The topological polar surface area (TPSA) is 29.9 Å². The fourth-order valence-corrected chi connectivity index (χ4v) is 2.25. The summed E-state index contributed by atoms with van der Waals surface area (Å²) in [6.45, 7) is 6.45. The van der Waals surface area contributed by atoms with E-state index in [-0.39, 0.29) is 0 Å². The van der Waals surface area contributed by atoms with Gasteiger partial charge in [-0.1, -0.05) is 0 Å². The minimum absolute atomic E-state index is 0.317. The first kappa shape index (κ1) is 9.46. The van der Waals surface area contributed by atoms with Crippen molar-refractivity contribution in [3.63, 3.8) is 0 Å². The van der Waals surface area contributed by atoms with Crippen LogP contribution in [0.15, 0.2) is 24.7 Å². The average Bonchev–Trinajstić information content (AvgIpc) is 2.71. The van der Waals surface area contributed by atoms with E-state index in [9.17, 15) is 0 Å². The van der Waals surface area contributed by atoms with Crippen LogP contribution in [0.25, 0.3) is 5.69 Å². The van der Waals surface area contributed by atoms with E-state index in [4.69, 9.17) is 0 Å². The molecule has 16 heavy (non-hydrogen) atoms. The largest absolute Gasteiger partial charge is 0.375 e. The van der Waals surface area contributed by atoms with Gasteiger partial charge in [0.2, 0.25) is 0 Å². The van der Waals surface area contributed by atoms with Crippen LogP contribution in [-0.2, 0) is 0 Å². The van der Waals surface area contributed by atoms with Crippen molar-refractivity contribution < 1.29 is 0 Å². The van der Waals surface area contributed by atoms with E-state index in [1.807, 2.05) is 12.5 Å². The summed E-state index contributed by atoms with van der Waals surface area (Å²) in [5, 5.41) is 3.51. The van der Waals surface area contributed by atoms with Crippen LogP contribution in [0.5, 0.6) is 0 Å². The molecule has 2 aromatic rings. The standard InChI is InChI=1S/C13H15N3/c1-8-4-11-12(5-9(8)2)16-7-14-6-13(16)10(3)15-11/h4-7,10,15H,1-3H3. The molecule has 0 aliphatic carbocycles. The molecule has 1 aromatic carbocycles. The first-order valence-corrected chi connectivity index (χ1v) is 5.57. The van der Waals surface area contributed by atoms with E-state index in [1.54, 1.807) is 0 Å². The van der Waals surface area contributed by atoms with E-state index in [0.717, 1.165) is 0 Å². The third-order valence-electron chi connectivity index (χ3n) is 3.35. The molecule has 82 valence electrons. The van der Waals surface area contributed by atoms with Crippen molar-refractivity contribution in [3.8, 4) is 5.69 Å². The first-order valence-electron chi connectivity index (χ1n) is 5.57. The SMILES string of the molecule is Cc1cc2c(cc1C)-n1cncc1C(C)N2. The fraction of sp³-hybridized carbons (Fsp3) is 0.308. The van der Waals surface area contributed by atoms with Crippen molar-refractivity contribution in [2.75, 3.05) is 5.32 Å². The molecule has 0 saturated heterocycles. The zero-order valence-electron chi connectivity index (χ0n) is 9.78. The molecule has 3 rings (SSSR count). The Morgan fingerprint density at radius 2 is 2.00 bits per heavy atom. The lowest BCUT2D eigenvalue weighted by atomic mass is 10.0. The summed E-state index contributed by atoms with van der Waals surface area (Å²) in [6, 6.07) is 4.75. The Bertz CT molecular complexity index is 554. The summed E-state index contributed by atoms with van der Waals surface area (Å²) in [5.41, 5.74) is 6.25. The van der Waals surface area contributed by atoms with Gasteiger partial charge in [-0.2, -0.15) is 0 Å². The highest BCUT2D eigenvalue weighted by Gasteiger charge is 2.21. The minimum atomic E-state index is 0.317. The first-order chi connectivity index (χ1) is 7.66. The third-order valence-corrected chi connectivity index (χ3v) is 3.35. The molecule has 0 fully saturated rings. The van der Waals surface area contributed by atoms with Crippen molar-refractivity contribution in [1.29, 1.82) is 0 Å². The maximum Gasteiger partial charge on any atom is 0.0995 e. The number of hydrogen-bond acceptors (Lipinski definition) is 2. The molecule has 1 aromatic heterocycles. The molecule has 1 aliphatic rings. The highest BCUT2D eigenvalue weighted by atomic mass is 15.1. The second-order valence-corrected chi connectivity index (χ2v) is 4.51. The number of rotatable bonds is 0. The van der Waals surface area contributed by atoms with E-state index >= 15 is 0 Å². The summed E-state index contributed by atoms with van der Waals surface area (Å²) in [4.78, 5) is 4.23. The normalized spacial score (nSPS) is 17.6. The zero-order valence-corrected chi connectivity index (χ0v) is 9.78. The fourth-order valence-electron chi connectivity index (χ4n) is 2.25. The predicted molar refractivity (Wildman–Crippen MR) is 65.1 cm³/mol. The van der Waals surface area contributed by atoms with E-state index in [1.165, 1.54) is 28.2 Å². The molecular weight excluding hydrogens is 198 g/mol. The van der Waals surface area contributed by atoms with Crippen LogP contribution < -0.4 is 5.32 Å². The molecule has 1 N–H and O–H groups in total. The lowest BCUT2D eigenvalue weighted by molar-refractivity contribution is 0.773. The van der Waals surface area contributed by atoms with Crippen LogP contribution in [0.3, 0.4) is 0 Å². The van der Waals surface area contributed by atoms with Gasteiger partial charge < -0.3 is 5.32 Å². The van der Waals surface area contributed by atoms with E-state index < -0.39 is 0 Å². The summed E-state index contributed by atoms with van der Waals surface area (Å²) in [7, 11) is 0. The molecule has 3 nitrogen and oxygen atoms in total. The van der Waals surface area contributed by atoms with Gasteiger partial charge in [0.1, 0.15) is 0 Å². The average molecular weight is 213 g/mol. The molecule has 1 unspecified atom stereocenters. The molecule has 0 amide bonds. The quantitative estimate of drug-likeness (QED) is 0.729. The van der Waals surface area contributed by atoms with E-state index in [0.29, 0.717) is 6.04 Å². The lowest BCUT2D eigenvalue weighted by Gasteiger charge is -2.27. The number of aromatic nitrogens is 2. The number of hydrogen-bond donors (Lipinski definition) is 1. The van der Waals surface area contributed by atoms with Crippen LogP contribution in [-0.4, -0.2) is 9.55 Å². The summed E-state index contributed by atoms with van der Waals surface area (Å²) in [5.74, 6) is 0. The van der Waals surface area contributed by atoms with E-state index in [2.05, 4.69) is 47.8 Å². The van der Waals surface area contributed by atoms with Crippen LogP contribution in [0, 0.1) is 13.8 Å². The van der Waals surface area contributed by atoms with Crippen molar-refractivity contribution >= 4 is 5.69 Å². The molecule has 0 bridgehead atoms. The van der Waals surface area contributed by atoms with Gasteiger partial charge in [0.25, 0.3) is 0 Å². The number of aryl methyl sites for hydroxylation is 2. The maximum atomic E-state index is 4.23. The maximum absolute atomic E-state index is 4.23. The second-order valence-electron chi connectivity index (χ2n) is 4.51. The van der Waals surface area contributed by atoms with Crippen molar-refractivity contribution in [2.45, 2.75) is 26.8 Å². The van der Waals surface area contributed by atoms with Gasteiger partial charge in [-0.15, -0.1) is 0 Å². The third kappa shape index (κ3) is 1.18. The van der Waals surface area contributed by atoms with Gasteiger partial charge >= 0.3 is 0 Å². The molecule has 0 spiro atoms. The van der Waals surface area contributed by atoms with Crippen molar-refractivity contribution in [3.05, 3.63) is 41.5 Å². The Labute approximate surface area is 95.1 Å². The Balaban J connectivity index is 2.28. The second kappa shape index (κ2) is 3.11. The Kier molecular flexibility index (Phi) is 1.84. The summed E-state index contributed by atoms with van der Waals surface area (Å²) < 4.78 is 2.17. The number of benzene rings is 1. The Morgan fingerprint density at radius 1 is 1.25 bits per heavy atom. The molecule has 3 heteroatoms. The Morgan fingerprint density at radius 3 is 2.81 bits per heavy atom. The summed E-state index contributed by atoms with van der Waals surface area (Å²) in [6.07, 6.45) is 3.82. The van der Waals surface area contributed by atoms with Gasteiger partial charge in [-0.3, -0.25) is 4.57 Å². The van der Waals surface area contributed by atoms with Gasteiger partial charge in [0.15, 0.2) is 0 Å². The van der Waals surface area contributed by atoms with Gasteiger partial charge in [-0.05, 0) is 44.0 Å². The van der Waals surface area contributed by atoms with Crippen LogP contribution in [0.4, 0.5) is 5.69 Å². The highest BCUT2D eigenvalue weighted by molar-refractivity contribution is 5.67. The van der Waals surface area contributed by atoms with Gasteiger partial charge in [0.05, 0.1) is 35.6 Å². The molecule has 1 aliphatic heterocycles. The monoisotopic (exact) mass is 213 g/mol. The van der Waals surface area contributed by atoms with Crippen LogP contribution >= 0.6 is 0 Å². The van der Waals surface area contributed by atoms with Gasteiger partial charge in [-0.25, -0.2) is 4.98 Å². The highest BCUT2D eigenvalue weighted by Crippen LogP contribution is 2.34.